The first-order valence-electron chi connectivity index (χ1n) is 5.48. The van der Waals surface area contributed by atoms with Crippen LogP contribution in [0.5, 0.6) is 0 Å². The van der Waals surface area contributed by atoms with Crippen LogP contribution >= 0.6 is 0 Å². The Morgan fingerprint density at radius 1 is 1.69 bits per heavy atom. The molecule has 0 saturated heterocycles. The normalized spacial score (nSPS) is 14.6. The lowest BCUT2D eigenvalue weighted by atomic mass is 9.97. The highest BCUT2D eigenvalue weighted by molar-refractivity contribution is 5.96. The molecule has 0 aliphatic heterocycles. The smallest absolute Gasteiger partial charge is 0.245 e. The molecule has 16 heavy (non-hydrogen) atoms. The van der Waals surface area contributed by atoms with E-state index < -0.39 is 5.54 Å². The lowest BCUT2D eigenvalue weighted by Gasteiger charge is -2.21. The second kappa shape index (κ2) is 4.65. The number of aromatic nitrogens is 2. The fourth-order valence-electron chi connectivity index (χ4n) is 1.51. The minimum absolute atomic E-state index is 0.188. The fourth-order valence-corrected chi connectivity index (χ4v) is 1.51. The Kier molecular flexibility index (Phi) is 3.70. The average Bonchev–Trinajstić information content (AvgIpc) is 2.45. The zero-order valence-corrected chi connectivity index (χ0v) is 10.4. The van der Waals surface area contributed by atoms with Gasteiger partial charge < -0.3 is 11.1 Å². The Balaban J connectivity index is 2.71. The van der Waals surface area contributed by atoms with Crippen LogP contribution in [0.3, 0.4) is 0 Å². The van der Waals surface area contributed by atoms with Gasteiger partial charge in [-0.2, -0.15) is 5.10 Å². The summed E-state index contributed by atoms with van der Waals surface area (Å²) in [4.78, 5) is 11.9. The van der Waals surface area contributed by atoms with Gasteiger partial charge in [-0.1, -0.05) is 13.3 Å². The molecule has 5 nitrogen and oxygen atoms in total. The summed E-state index contributed by atoms with van der Waals surface area (Å²) in [6, 6.07) is 1.82. The van der Waals surface area contributed by atoms with E-state index >= 15 is 0 Å². The van der Waals surface area contributed by atoms with Crippen LogP contribution in [0.1, 0.15) is 32.4 Å². The highest BCUT2D eigenvalue weighted by Crippen LogP contribution is 2.13. The quantitative estimate of drug-likeness (QED) is 0.806. The van der Waals surface area contributed by atoms with Crippen molar-refractivity contribution in [1.82, 2.24) is 9.78 Å². The summed E-state index contributed by atoms with van der Waals surface area (Å²) in [5.74, 6) is 0.366. The van der Waals surface area contributed by atoms with E-state index in [1.165, 1.54) is 0 Å². The zero-order valence-electron chi connectivity index (χ0n) is 10.4. The average molecular weight is 224 g/mol. The molecule has 1 rings (SSSR count). The molecule has 1 unspecified atom stereocenters. The minimum atomic E-state index is -0.833. The second-order valence-electron chi connectivity index (χ2n) is 4.42. The summed E-state index contributed by atoms with van der Waals surface area (Å²) in [6.07, 6.45) is 1.53. The Morgan fingerprint density at radius 2 is 2.31 bits per heavy atom. The summed E-state index contributed by atoms with van der Waals surface area (Å²) in [5, 5.41) is 6.89. The van der Waals surface area contributed by atoms with Crippen LogP contribution in [0, 0.1) is 6.92 Å². The highest BCUT2D eigenvalue weighted by atomic mass is 16.2. The standard InChI is InChI=1S/C11H20N4O/c1-5-6-11(3,12)10(16)13-9-7-8(2)15(4)14-9/h7H,5-6,12H2,1-4H3,(H,13,14,16). The first kappa shape index (κ1) is 12.7. The van der Waals surface area contributed by atoms with Gasteiger partial charge in [-0.25, -0.2) is 0 Å². The number of amides is 1. The van der Waals surface area contributed by atoms with Crippen molar-refractivity contribution < 1.29 is 4.79 Å². The predicted molar refractivity (Wildman–Crippen MR) is 64.1 cm³/mol. The number of carbonyl (C=O) groups excluding carboxylic acids is 1. The van der Waals surface area contributed by atoms with Gasteiger partial charge in [-0.15, -0.1) is 0 Å². The van der Waals surface area contributed by atoms with Crippen molar-refractivity contribution in [2.24, 2.45) is 12.8 Å². The fraction of sp³-hybridized carbons (Fsp3) is 0.636. The maximum absolute atomic E-state index is 11.9. The molecule has 0 aliphatic carbocycles. The third kappa shape index (κ3) is 2.82. The molecule has 0 aromatic carbocycles. The first-order valence-corrected chi connectivity index (χ1v) is 5.48. The van der Waals surface area contributed by atoms with Gasteiger partial charge >= 0.3 is 0 Å². The van der Waals surface area contributed by atoms with Gasteiger partial charge in [0, 0.05) is 18.8 Å². The minimum Gasteiger partial charge on any atom is -0.318 e. The Morgan fingerprint density at radius 3 is 2.75 bits per heavy atom. The van der Waals surface area contributed by atoms with Crippen LogP contribution in [-0.4, -0.2) is 21.2 Å². The van der Waals surface area contributed by atoms with Crippen molar-refractivity contribution in [3.05, 3.63) is 11.8 Å². The van der Waals surface area contributed by atoms with Crippen LogP contribution in [0.2, 0.25) is 0 Å². The lowest BCUT2D eigenvalue weighted by Crippen LogP contribution is -2.48. The maximum Gasteiger partial charge on any atom is 0.245 e. The SMILES string of the molecule is CCCC(C)(N)C(=O)Nc1cc(C)n(C)n1. The maximum atomic E-state index is 11.9. The molecule has 0 saturated carbocycles. The van der Waals surface area contributed by atoms with Gasteiger partial charge in [-0.05, 0) is 20.3 Å². The largest absolute Gasteiger partial charge is 0.318 e. The predicted octanol–water partition coefficient (Wildman–Crippen LogP) is 1.18. The molecule has 0 fully saturated rings. The van der Waals surface area contributed by atoms with Crippen molar-refractivity contribution in [2.75, 3.05) is 5.32 Å². The molecule has 1 amide bonds. The van der Waals surface area contributed by atoms with E-state index in [4.69, 9.17) is 5.73 Å². The molecule has 0 aliphatic rings. The highest BCUT2D eigenvalue weighted by Gasteiger charge is 2.27. The summed E-state index contributed by atoms with van der Waals surface area (Å²) >= 11 is 0. The van der Waals surface area contributed by atoms with Crippen molar-refractivity contribution in [1.29, 1.82) is 0 Å². The van der Waals surface area contributed by atoms with Gasteiger partial charge in [0.25, 0.3) is 0 Å². The molecule has 3 N–H and O–H groups in total. The van der Waals surface area contributed by atoms with Crippen molar-refractivity contribution in [3.63, 3.8) is 0 Å². The van der Waals surface area contributed by atoms with Gasteiger partial charge in [0.1, 0.15) is 0 Å². The first-order chi connectivity index (χ1) is 7.36. The molecular formula is C11H20N4O. The van der Waals surface area contributed by atoms with Gasteiger partial charge in [0.2, 0.25) is 5.91 Å². The summed E-state index contributed by atoms with van der Waals surface area (Å²) in [7, 11) is 1.83. The monoisotopic (exact) mass is 224 g/mol. The molecule has 90 valence electrons. The van der Waals surface area contributed by atoms with Gasteiger partial charge in [0.05, 0.1) is 5.54 Å². The van der Waals surface area contributed by atoms with Gasteiger partial charge in [0.15, 0.2) is 5.82 Å². The molecule has 0 spiro atoms. The van der Waals surface area contributed by atoms with E-state index in [1.54, 1.807) is 11.6 Å². The third-order valence-corrected chi connectivity index (χ3v) is 2.64. The summed E-state index contributed by atoms with van der Waals surface area (Å²) in [5.41, 5.74) is 6.07. The van der Waals surface area contributed by atoms with Crippen LogP contribution in [0.15, 0.2) is 6.07 Å². The number of nitrogens with two attached hydrogens (primary N) is 1. The molecule has 5 heteroatoms. The number of anilines is 1. The van der Waals surface area contributed by atoms with Crippen LogP contribution in [0.4, 0.5) is 5.82 Å². The van der Waals surface area contributed by atoms with Crippen molar-refractivity contribution >= 4 is 11.7 Å². The Labute approximate surface area is 96.0 Å². The van der Waals surface area contributed by atoms with Crippen molar-refractivity contribution in [3.8, 4) is 0 Å². The topological polar surface area (TPSA) is 72.9 Å². The Hall–Kier alpha value is -1.36. The number of hydrogen-bond donors (Lipinski definition) is 2. The molecule has 1 atom stereocenters. The summed E-state index contributed by atoms with van der Waals surface area (Å²) in [6.45, 7) is 5.67. The van der Waals surface area contributed by atoms with E-state index in [-0.39, 0.29) is 5.91 Å². The van der Waals surface area contributed by atoms with E-state index in [0.717, 1.165) is 12.1 Å². The van der Waals surface area contributed by atoms with E-state index in [0.29, 0.717) is 12.2 Å². The van der Waals surface area contributed by atoms with Gasteiger partial charge in [-0.3, -0.25) is 9.48 Å². The van der Waals surface area contributed by atoms with E-state index in [9.17, 15) is 4.79 Å². The third-order valence-electron chi connectivity index (χ3n) is 2.64. The number of nitrogens with zero attached hydrogens (tertiary/aromatic N) is 2. The molecule has 1 aromatic heterocycles. The van der Waals surface area contributed by atoms with E-state index in [2.05, 4.69) is 10.4 Å². The summed E-state index contributed by atoms with van der Waals surface area (Å²) < 4.78 is 1.71. The molecule has 0 radical (unpaired) electrons. The van der Waals surface area contributed by atoms with Crippen LogP contribution in [0.25, 0.3) is 0 Å². The number of aryl methyl sites for hydroxylation is 2. The molecule has 1 heterocycles. The number of hydrogen-bond acceptors (Lipinski definition) is 3. The van der Waals surface area contributed by atoms with E-state index in [1.807, 2.05) is 27.0 Å². The number of carbonyl (C=O) groups is 1. The lowest BCUT2D eigenvalue weighted by molar-refractivity contribution is -0.120. The van der Waals surface area contributed by atoms with Crippen molar-refractivity contribution in [2.45, 2.75) is 39.2 Å². The second-order valence-corrected chi connectivity index (χ2v) is 4.42. The Bertz CT molecular complexity index is 362. The van der Waals surface area contributed by atoms with Crippen LogP contribution in [-0.2, 0) is 11.8 Å². The zero-order chi connectivity index (χ0) is 12.3. The number of nitrogens with one attached hydrogen (secondary N) is 1. The number of rotatable bonds is 4. The van der Waals surface area contributed by atoms with Crippen LogP contribution < -0.4 is 11.1 Å². The molecule has 1 aromatic rings. The molecule has 0 bridgehead atoms. The molecular weight excluding hydrogens is 204 g/mol.